The van der Waals surface area contributed by atoms with Crippen LogP contribution in [-0.2, 0) is 24.0 Å². The summed E-state index contributed by atoms with van der Waals surface area (Å²) in [6.07, 6.45) is 13.9. The number of hydrogen-bond acceptors (Lipinski definition) is 8. The summed E-state index contributed by atoms with van der Waals surface area (Å²) in [5, 5.41) is 11.5. The molecule has 6 atom stereocenters. The van der Waals surface area contributed by atoms with Crippen molar-refractivity contribution >= 4 is 75.8 Å². The first-order valence-corrected chi connectivity index (χ1v) is 18.2. The third-order valence-electron chi connectivity index (χ3n) is 10.7. The molecule has 0 spiro atoms. The van der Waals surface area contributed by atoms with E-state index in [9.17, 15) is 28.8 Å². The van der Waals surface area contributed by atoms with Gasteiger partial charge in [0.05, 0.1) is 12.2 Å². The second-order valence-electron chi connectivity index (χ2n) is 15.5. The fraction of sp³-hybridized carbons (Fsp3) is 0.744. The van der Waals surface area contributed by atoms with Crippen molar-refractivity contribution in [3.05, 3.63) is 24.3 Å². The molecule has 0 radical (unpaired) electrons. The predicted octanol–water partition coefficient (Wildman–Crippen LogP) is 4.69. The van der Waals surface area contributed by atoms with E-state index in [-0.39, 0.29) is 98.2 Å². The molecule has 2 heterocycles. The third-order valence-corrected chi connectivity index (χ3v) is 10.7. The molecule has 1 aromatic heterocycles. The number of rotatable bonds is 13. The zero-order chi connectivity index (χ0) is 35.3. The quantitative estimate of drug-likeness (QED) is 0.207. The number of carbonyl (C=O) groups is 6. The molecule has 0 aromatic carbocycles. The first-order chi connectivity index (χ1) is 23.4. The van der Waals surface area contributed by atoms with Crippen LogP contribution in [0, 0.1) is 23.2 Å². The normalized spacial score (nSPS) is 21.6. The highest BCUT2D eigenvalue weighted by Crippen LogP contribution is 2.43. The van der Waals surface area contributed by atoms with Crippen molar-refractivity contribution in [2.75, 3.05) is 6.54 Å². The monoisotopic (exact) mass is 829 g/mol. The Kier molecular flexibility index (Phi) is 23.7. The van der Waals surface area contributed by atoms with Crippen LogP contribution in [0.3, 0.4) is 0 Å². The average Bonchev–Trinajstić information content (AvgIpc) is 3.65. The second kappa shape index (κ2) is 24.0. The Balaban J connectivity index is 0. The van der Waals surface area contributed by atoms with Crippen LogP contribution in [-0.4, -0.2) is 86.9 Å². The van der Waals surface area contributed by atoms with Crippen molar-refractivity contribution < 1.29 is 28.8 Å². The van der Waals surface area contributed by atoms with E-state index in [1.165, 1.54) is 18.6 Å². The van der Waals surface area contributed by atoms with Gasteiger partial charge in [-0.3, -0.25) is 33.8 Å². The molecule has 316 valence electrons. The highest BCUT2D eigenvalue weighted by molar-refractivity contribution is 7.59. The summed E-state index contributed by atoms with van der Waals surface area (Å²) >= 11 is 0. The van der Waals surface area contributed by atoms with E-state index in [0.717, 1.165) is 64.2 Å². The first kappa shape index (κ1) is 54.3. The largest absolute Gasteiger partial charge is 0.347 e. The van der Waals surface area contributed by atoms with Crippen molar-refractivity contribution in [2.24, 2.45) is 23.2 Å². The van der Waals surface area contributed by atoms with Crippen LogP contribution in [0.25, 0.3) is 0 Å². The predicted molar refractivity (Wildman–Crippen MR) is 232 cm³/mol. The zero-order valence-corrected chi connectivity index (χ0v) is 33.8. The molecular formula is C39H71N7O6S3. The fourth-order valence-corrected chi connectivity index (χ4v) is 7.87. The molecule has 5 amide bonds. The van der Waals surface area contributed by atoms with Crippen molar-refractivity contribution in [3.63, 3.8) is 0 Å². The minimum absolute atomic E-state index is 0. The van der Waals surface area contributed by atoms with E-state index >= 15 is 0 Å². The van der Waals surface area contributed by atoms with Gasteiger partial charge in [-0.1, -0.05) is 82.1 Å². The SMILES string of the molecule is C.C.C.CCC[C@@H](NC(=O)[C@H]1[C@@H]2CCC[C@@H]2CN1C(=O)[C@@H](NC(=O)[C@@H](NC(=O)c1cnccn1)C1CCCCC1)C(C)(C)C)C(=O)C(=O)NC1CC1.S.S.S. The average molecular weight is 830 g/mol. The van der Waals surface area contributed by atoms with E-state index < -0.39 is 59.0 Å². The Morgan fingerprint density at radius 2 is 1.49 bits per heavy atom. The lowest BCUT2D eigenvalue weighted by Crippen LogP contribution is -2.62. The molecule has 4 N–H and O–H groups in total. The minimum Gasteiger partial charge on any atom is -0.347 e. The molecule has 3 aliphatic carbocycles. The van der Waals surface area contributed by atoms with Crippen LogP contribution in [0.4, 0.5) is 0 Å². The molecule has 4 fully saturated rings. The summed E-state index contributed by atoms with van der Waals surface area (Å²) in [4.78, 5) is 91.4. The van der Waals surface area contributed by atoms with Crippen molar-refractivity contribution in [2.45, 2.75) is 157 Å². The molecule has 3 saturated carbocycles. The van der Waals surface area contributed by atoms with Gasteiger partial charge in [-0.05, 0) is 68.1 Å². The number of fused-ring (bicyclic) bond motifs is 1. The number of amides is 5. The van der Waals surface area contributed by atoms with Gasteiger partial charge in [-0.25, -0.2) is 4.98 Å². The van der Waals surface area contributed by atoms with Crippen LogP contribution in [0.1, 0.15) is 138 Å². The number of aromatic nitrogens is 2. The molecule has 4 aliphatic rings. The smallest absolute Gasteiger partial charge is 0.289 e. The third kappa shape index (κ3) is 13.6. The topological polar surface area (TPSA) is 180 Å². The number of ketones is 1. The van der Waals surface area contributed by atoms with Crippen molar-refractivity contribution in [1.82, 2.24) is 36.1 Å². The van der Waals surface area contributed by atoms with Gasteiger partial charge >= 0.3 is 0 Å². The molecule has 13 nitrogen and oxygen atoms in total. The summed E-state index contributed by atoms with van der Waals surface area (Å²) in [6.45, 7) is 7.85. The zero-order valence-electron chi connectivity index (χ0n) is 30.8. The summed E-state index contributed by atoms with van der Waals surface area (Å²) in [6, 6.07) is -3.68. The van der Waals surface area contributed by atoms with Crippen LogP contribution < -0.4 is 21.3 Å². The standard InChI is InChI=1S/C36H53N7O6.3CH4.3H2S/c1-5-10-25(29(44)34(48)39-23-15-16-23)40-33(47)28-24-14-9-13-22(24)20-43(28)35(49)30(36(2,3)4)42-32(46)27(21-11-7-6-8-12-21)41-31(45)26-19-37-17-18-38-26;;;;;;/h17-19,21-25,27-28,30H,5-16,20H2,1-4H3,(H,39,48)(H,40,47)(H,41,45)(H,42,46);3*1H4;3*1H2/t22-,24-,25-,27+,28-,30-;;;;;;/m1....../s1. The highest BCUT2D eigenvalue weighted by Gasteiger charge is 2.52. The Labute approximate surface area is 350 Å². The fourth-order valence-electron chi connectivity index (χ4n) is 7.87. The van der Waals surface area contributed by atoms with Crippen LogP contribution in [0.15, 0.2) is 18.6 Å². The number of nitrogens with one attached hydrogen (secondary N) is 4. The van der Waals surface area contributed by atoms with Crippen LogP contribution in [0.5, 0.6) is 0 Å². The lowest BCUT2D eigenvalue weighted by molar-refractivity contribution is -0.146. The molecule has 0 unspecified atom stereocenters. The Bertz CT molecular complexity index is 1410. The van der Waals surface area contributed by atoms with Crippen molar-refractivity contribution in [1.29, 1.82) is 0 Å². The number of likely N-dealkylation sites (tertiary alicyclic amines) is 1. The van der Waals surface area contributed by atoms with E-state index in [1.807, 2.05) is 27.7 Å². The summed E-state index contributed by atoms with van der Waals surface area (Å²) in [5.41, 5.74) is -0.638. The molecule has 1 aromatic rings. The number of hydrogen-bond donors (Lipinski definition) is 4. The van der Waals surface area contributed by atoms with Crippen LogP contribution >= 0.6 is 40.5 Å². The Morgan fingerprint density at radius 3 is 2.05 bits per heavy atom. The second-order valence-corrected chi connectivity index (χ2v) is 15.5. The maximum absolute atomic E-state index is 14.6. The Morgan fingerprint density at radius 1 is 0.836 bits per heavy atom. The first-order valence-electron chi connectivity index (χ1n) is 18.2. The lowest BCUT2D eigenvalue weighted by Gasteiger charge is -2.38. The van der Waals surface area contributed by atoms with Gasteiger partial charge < -0.3 is 26.2 Å². The van der Waals surface area contributed by atoms with Crippen LogP contribution in [0.2, 0.25) is 0 Å². The summed E-state index contributed by atoms with van der Waals surface area (Å²) in [5.74, 6) is -3.20. The minimum atomic E-state index is -0.994. The van der Waals surface area contributed by atoms with Gasteiger partial charge in [0.25, 0.3) is 11.8 Å². The van der Waals surface area contributed by atoms with Gasteiger partial charge in [0.1, 0.15) is 23.8 Å². The summed E-state index contributed by atoms with van der Waals surface area (Å²) < 4.78 is 0. The van der Waals surface area contributed by atoms with Gasteiger partial charge in [0.15, 0.2) is 0 Å². The van der Waals surface area contributed by atoms with E-state index in [4.69, 9.17) is 0 Å². The molecule has 5 rings (SSSR count). The molecule has 1 saturated heterocycles. The van der Waals surface area contributed by atoms with Gasteiger partial charge in [0.2, 0.25) is 23.5 Å². The molecule has 16 heteroatoms. The Hall–Kier alpha value is -2.85. The molecular weight excluding hydrogens is 759 g/mol. The number of carbonyl (C=O) groups excluding carboxylic acids is 6. The molecule has 0 bridgehead atoms. The van der Waals surface area contributed by atoms with Crippen molar-refractivity contribution in [3.8, 4) is 0 Å². The van der Waals surface area contributed by atoms with E-state index in [0.29, 0.717) is 19.4 Å². The maximum atomic E-state index is 14.6. The van der Waals surface area contributed by atoms with Gasteiger partial charge in [-0.15, -0.1) is 0 Å². The highest BCUT2D eigenvalue weighted by atomic mass is 32.1. The van der Waals surface area contributed by atoms with Gasteiger partial charge in [0, 0.05) is 25.0 Å². The van der Waals surface area contributed by atoms with Gasteiger partial charge in [-0.2, -0.15) is 40.5 Å². The summed E-state index contributed by atoms with van der Waals surface area (Å²) in [7, 11) is 0. The van der Waals surface area contributed by atoms with E-state index in [2.05, 4.69) is 31.2 Å². The molecule has 1 aliphatic heterocycles. The lowest BCUT2D eigenvalue weighted by atomic mass is 9.82. The number of nitrogens with zero attached hydrogens (tertiary/aromatic N) is 3. The number of Topliss-reactive ketones (excluding diaryl/α,β-unsaturated/α-hetero) is 1. The van der Waals surface area contributed by atoms with E-state index in [1.54, 1.807) is 4.90 Å². The molecule has 55 heavy (non-hydrogen) atoms. The maximum Gasteiger partial charge on any atom is 0.289 e.